The summed E-state index contributed by atoms with van der Waals surface area (Å²) in [4.78, 5) is 4.20. The number of rotatable bonds is 6. The van der Waals surface area contributed by atoms with Crippen LogP contribution in [0.4, 0.5) is 0 Å². The van der Waals surface area contributed by atoms with Crippen molar-refractivity contribution in [3.05, 3.63) is 30.4 Å². The van der Waals surface area contributed by atoms with E-state index in [-0.39, 0.29) is 0 Å². The second kappa shape index (κ2) is 5.96. The van der Waals surface area contributed by atoms with Gasteiger partial charge < -0.3 is 5.32 Å². The molecule has 0 aromatic carbocycles. The van der Waals surface area contributed by atoms with Gasteiger partial charge in [-0.15, -0.1) is 0 Å². The van der Waals surface area contributed by atoms with Crippen molar-refractivity contribution in [2.75, 3.05) is 6.54 Å². The molecule has 1 unspecified atom stereocenters. The van der Waals surface area contributed by atoms with E-state index in [0.29, 0.717) is 12.0 Å². The second-order valence-electron chi connectivity index (χ2n) is 5.14. The maximum Gasteiger partial charge on any atom is 0.0892 e. The number of aromatic nitrogens is 3. The average molecular weight is 246 g/mol. The van der Waals surface area contributed by atoms with Crippen molar-refractivity contribution in [2.45, 2.75) is 39.7 Å². The van der Waals surface area contributed by atoms with E-state index >= 15 is 0 Å². The van der Waals surface area contributed by atoms with Gasteiger partial charge in [0.1, 0.15) is 0 Å². The molecule has 0 aliphatic heterocycles. The molecule has 1 atom stereocenters. The Hall–Kier alpha value is -1.42. The van der Waals surface area contributed by atoms with Crippen LogP contribution in [0.5, 0.6) is 0 Å². The molecule has 1 N–H and O–H groups in total. The van der Waals surface area contributed by atoms with Gasteiger partial charge >= 0.3 is 0 Å². The summed E-state index contributed by atoms with van der Waals surface area (Å²) >= 11 is 0. The zero-order valence-corrected chi connectivity index (χ0v) is 11.4. The summed E-state index contributed by atoms with van der Waals surface area (Å²) in [5.74, 6) is 0.658. The fourth-order valence-electron chi connectivity index (χ4n) is 2.23. The minimum atomic E-state index is 0.367. The first-order valence-electron chi connectivity index (χ1n) is 6.73. The predicted octanol–water partition coefficient (Wildman–Crippen LogP) is 2.82. The summed E-state index contributed by atoms with van der Waals surface area (Å²) in [5, 5.41) is 8.01. The molecule has 0 aliphatic carbocycles. The van der Waals surface area contributed by atoms with Gasteiger partial charge in [0.05, 0.1) is 17.9 Å². The molecule has 0 saturated carbocycles. The molecular weight excluding hydrogens is 224 g/mol. The maximum atomic E-state index is 4.39. The highest BCUT2D eigenvalue weighted by atomic mass is 15.2. The molecule has 18 heavy (non-hydrogen) atoms. The monoisotopic (exact) mass is 246 g/mol. The van der Waals surface area contributed by atoms with E-state index in [0.717, 1.165) is 24.9 Å². The van der Waals surface area contributed by atoms with E-state index in [9.17, 15) is 0 Å². The van der Waals surface area contributed by atoms with Gasteiger partial charge in [-0.25, -0.2) is 4.52 Å². The van der Waals surface area contributed by atoms with Crippen LogP contribution >= 0.6 is 0 Å². The van der Waals surface area contributed by atoms with E-state index in [1.807, 2.05) is 23.1 Å². The number of hydrogen-bond acceptors (Lipinski definition) is 3. The first-order valence-corrected chi connectivity index (χ1v) is 6.73. The molecule has 98 valence electrons. The summed E-state index contributed by atoms with van der Waals surface area (Å²) < 4.78 is 1.89. The van der Waals surface area contributed by atoms with E-state index in [1.165, 1.54) is 5.56 Å². The molecule has 2 aromatic rings. The van der Waals surface area contributed by atoms with Crippen LogP contribution in [-0.4, -0.2) is 21.1 Å². The fraction of sp³-hybridized carbons (Fsp3) is 0.571. The molecule has 0 radical (unpaired) electrons. The van der Waals surface area contributed by atoms with Gasteiger partial charge in [-0.3, -0.25) is 4.98 Å². The average Bonchev–Trinajstić information content (AvgIpc) is 2.78. The first kappa shape index (κ1) is 13.0. The number of nitrogens with zero attached hydrogens (tertiary/aromatic N) is 3. The normalized spacial score (nSPS) is 13.3. The SMILES string of the molecule is CCCNC(CC(C)C)c1cnn2ccncc12. The van der Waals surface area contributed by atoms with Gasteiger partial charge in [0.25, 0.3) is 0 Å². The van der Waals surface area contributed by atoms with Crippen molar-refractivity contribution < 1.29 is 0 Å². The Morgan fingerprint density at radius 2 is 2.17 bits per heavy atom. The maximum absolute atomic E-state index is 4.39. The predicted molar refractivity (Wildman–Crippen MR) is 73.5 cm³/mol. The standard InChI is InChI=1S/C14H22N4/c1-4-5-16-13(8-11(2)3)12-9-17-18-7-6-15-10-14(12)18/h6-7,9-11,13,16H,4-5,8H2,1-3H3. The molecule has 2 heterocycles. The molecule has 2 rings (SSSR count). The molecule has 2 aromatic heterocycles. The Labute approximate surface area is 108 Å². The van der Waals surface area contributed by atoms with Crippen LogP contribution in [0.15, 0.2) is 24.8 Å². The molecule has 0 bridgehead atoms. The van der Waals surface area contributed by atoms with E-state index in [1.54, 1.807) is 6.20 Å². The lowest BCUT2D eigenvalue weighted by Crippen LogP contribution is -2.23. The largest absolute Gasteiger partial charge is 0.310 e. The number of nitrogens with one attached hydrogen (secondary N) is 1. The third-order valence-corrected chi connectivity index (χ3v) is 3.08. The Morgan fingerprint density at radius 3 is 2.89 bits per heavy atom. The van der Waals surface area contributed by atoms with Crippen LogP contribution < -0.4 is 5.32 Å². The molecular formula is C14H22N4. The Bertz CT molecular complexity index is 489. The third kappa shape index (κ3) is 2.88. The van der Waals surface area contributed by atoms with Crippen molar-refractivity contribution in [3.63, 3.8) is 0 Å². The smallest absolute Gasteiger partial charge is 0.0892 e. The second-order valence-corrected chi connectivity index (χ2v) is 5.14. The van der Waals surface area contributed by atoms with E-state index in [2.05, 4.69) is 36.2 Å². The summed E-state index contributed by atoms with van der Waals surface area (Å²) in [6.45, 7) is 7.74. The Kier molecular flexibility index (Phi) is 4.31. The molecule has 0 amide bonds. The summed E-state index contributed by atoms with van der Waals surface area (Å²) in [6.07, 6.45) is 9.78. The van der Waals surface area contributed by atoms with Crippen LogP contribution in [0, 0.1) is 5.92 Å². The van der Waals surface area contributed by atoms with Crippen molar-refractivity contribution in [1.82, 2.24) is 19.9 Å². The third-order valence-electron chi connectivity index (χ3n) is 3.08. The number of hydrogen-bond donors (Lipinski definition) is 1. The lowest BCUT2D eigenvalue weighted by atomic mass is 9.98. The van der Waals surface area contributed by atoms with E-state index < -0.39 is 0 Å². The fourth-order valence-corrected chi connectivity index (χ4v) is 2.23. The van der Waals surface area contributed by atoms with Crippen molar-refractivity contribution in [1.29, 1.82) is 0 Å². The summed E-state index contributed by atoms with van der Waals surface area (Å²) in [5.41, 5.74) is 2.36. The van der Waals surface area contributed by atoms with Crippen molar-refractivity contribution >= 4 is 5.52 Å². The summed E-state index contributed by atoms with van der Waals surface area (Å²) in [7, 11) is 0. The summed E-state index contributed by atoms with van der Waals surface area (Å²) in [6, 6.07) is 0.367. The van der Waals surface area contributed by atoms with Gasteiger partial charge in [0.2, 0.25) is 0 Å². The highest BCUT2D eigenvalue weighted by Crippen LogP contribution is 2.24. The van der Waals surface area contributed by atoms with Gasteiger partial charge in [0.15, 0.2) is 0 Å². The molecule has 0 aliphatic rings. The molecule has 0 fully saturated rings. The lowest BCUT2D eigenvalue weighted by molar-refractivity contribution is 0.432. The molecule has 4 nitrogen and oxygen atoms in total. The zero-order valence-electron chi connectivity index (χ0n) is 11.4. The van der Waals surface area contributed by atoms with Crippen LogP contribution in [0.25, 0.3) is 5.52 Å². The molecule has 4 heteroatoms. The highest BCUT2D eigenvalue weighted by molar-refractivity contribution is 5.53. The first-order chi connectivity index (χ1) is 8.72. The van der Waals surface area contributed by atoms with Crippen LogP contribution in [-0.2, 0) is 0 Å². The topological polar surface area (TPSA) is 42.2 Å². The Morgan fingerprint density at radius 1 is 1.33 bits per heavy atom. The van der Waals surface area contributed by atoms with Crippen LogP contribution in [0.1, 0.15) is 45.2 Å². The number of fused-ring (bicyclic) bond motifs is 1. The van der Waals surface area contributed by atoms with Gasteiger partial charge in [-0.1, -0.05) is 20.8 Å². The molecule has 0 spiro atoms. The van der Waals surface area contributed by atoms with Gasteiger partial charge in [-0.2, -0.15) is 5.10 Å². The lowest BCUT2D eigenvalue weighted by Gasteiger charge is -2.19. The van der Waals surface area contributed by atoms with Gasteiger partial charge in [-0.05, 0) is 25.3 Å². The Balaban J connectivity index is 2.28. The van der Waals surface area contributed by atoms with Crippen LogP contribution in [0.2, 0.25) is 0 Å². The minimum Gasteiger partial charge on any atom is -0.310 e. The van der Waals surface area contributed by atoms with Crippen LogP contribution in [0.3, 0.4) is 0 Å². The molecule has 0 saturated heterocycles. The van der Waals surface area contributed by atoms with Gasteiger partial charge in [0, 0.05) is 24.0 Å². The quantitative estimate of drug-likeness (QED) is 0.852. The zero-order chi connectivity index (χ0) is 13.0. The minimum absolute atomic E-state index is 0.367. The van der Waals surface area contributed by atoms with Crippen molar-refractivity contribution in [3.8, 4) is 0 Å². The highest BCUT2D eigenvalue weighted by Gasteiger charge is 2.17. The van der Waals surface area contributed by atoms with Crippen molar-refractivity contribution in [2.24, 2.45) is 5.92 Å². The van der Waals surface area contributed by atoms with E-state index in [4.69, 9.17) is 0 Å².